The summed E-state index contributed by atoms with van der Waals surface area (Å²) in [5.74, 6) is -4.08. The lowest BCUT2D eigenvalue weighted by molar-refractivity contribution is -0.319. The Kier molecular flexibility index (Phi) is 24.7. The number of benzene rings is 1. The second kappa shape index (κ2) is 29.2. The SMILES string of the molecule is CC[C@H]1OC(=O)[C@H](C)[C@@H](O[C@H]2C[C@@](C)(OC)[C@@H](O)[C@H](C)O2)[C@H](C)[C@@H](O[C@@H]2O[C@H](C)C[C@H](N(C)CCc3cn([C@H](CF)[C@H](OC)c4ccc(N(C)S(=O)(=O)C(C)C)cc4)nn3)[C@H]2O)[C@](C)(OC)C[C@@H](C)/C(=N\OCOC)[C@H](C)[C@@H](O)[C@]1(C)O. The molecule has 0 aliphatic carbocycles. The van der Waals surface area contributed by atoms with Gasteiger partial charge in [-0.1, -0.05) is 50.2 Å². The number of hydrogen-bond acceptors (Lipinski definition) is 21. The van der Waals surface area contributed by atoms with Crippen LogP contribution >= 0.6 is 0 Å². The van der Waals surface area contributed by atoms with Crippen molar-refractivity contribution in [1.29, 1.82) is 0 Å². The van der Waals surface area contributed by atoms with Gasteiger partial charge in [-0.05, 0) is 99.4 Å². The molecule has 0 unspecified atom stereocenters. The van der Waals surface area contributed by atoms with E-state index >= 15 is 4.39 Å². The van der Waals surface area contributed by atoms with Gasteiger partial charge >= 0.3 is 5.97 Å². The van der Waals surface area contributed by atoms with Crippen LogP contribution in [0.15, 0.2) is 35.6 Å². The highest BCUT2D eigenvalue weighted by molar-refractivity contribution is 7.93. The third-order valence-corrected chi connectivity index (χ3v) is 19.7. The highest BCUT2D eigenvalue weighted by Crippen LogP contribution is 2.43. The molecule has 3 fully saturated rings. The predicted molar refractivity (Wildman–Crippen MR) is 303 cm³/mol. The Hall–Kier alpha value is -3.54. The van der Waals surface area contributed by atoms with Crippen molar-refractivity contribution in [1.82, 2.24) is 19.9 Å². The number of sulfonamides is 1. The van der Waals surface area contributed by atoms with Gasteiger partial charge in [0, 0.05) is 84.9 Å². The van der Waals surface area contributed by atoms with Gasteiger partial charge in [-0.25, -0.2) is 17.5 Å². The standard InChI is InChI=1S/C57H97FN6O17S/c1-19-44-57(12,69)50(66)35(6)46(60-76-31-72-15)33(4)27-56(11,75-18)52(36(7)48(37(8)53(68)79-44)80-45-28-55(10,74-17)51(67)38(9)78-45)81-54-47(65)42(26-34(5)77-54)62(13)25-24-40-30-64(61-59-40)43(29-58)49(73-16)39-20-22-41(23-21-39)63(14)82(70,71)32(2)3/h20-23,30,32-38,42-45,47-52,54,65-67,69H,19,24-29,31H2,1-18H3/b60-46+/t33-,34-,35+,36+,37-,38+,42+,43-,44-,45+,47-,48+,49-,50-,51+,52-,54+,55-,56-,57-/m1/s1. The molecule has 4 N–H and O–H groups in total. The summed E-state index contributed by atoms with van der Waals surface area (Å²) in [5, 5.41) is 60.4. The molecule has 3 aliphatic rings. The summed E-state index contributed by atoms with van der Waals surface area (Å²) in [6.07, 6.45) is -8.69. The molecule has 0 amide bonds. The molecule has 0 bridgehead atoms. The van der Waals surface area contributed by atoms with Gasteiger partial charge in [0.25, 0.3) is 0 Å². The van der Waals surface area contributed by atoms with E-state index in [1.165, 1.54) is 51.4 Å². The van der Waals surface area contributed by atoms with Crippen LogP contribution in [-0.4, -0.2) is 212 Å². The number of ether oxygens (including phenoxy) is 9. The average molecular weight is 1190 g/mol. The second-order valence-corrected chi connectivity index (χ2v) is 26.3. The van der Waals surface area contributed by atoms with Gasteiger partial charge in [-0.15, -0.1) is 5.10 Å². The number of esters is 1. The van der Waals surface area contributed by atoms with Crippen molar-refractivity contribution in [3.05, 3.63) is 41.7 Å². The van der Waals surface area contributed by atoms with Gasteiger partial charge in [0.05, 0.1) is 70.0 Å². The van der Waals surface area contributed by atoms with E-state index in [1.54, 1.807) is 78.9 Å². The molecule has 2 aromatic rings. The summed E-state index contributed by atoms with van der Waals surface area (Å²) in [6, 6.07) is 5.27. The third-order valence-electron chi connectivity index (χ3n) is 17.5. The van der Waals surface area contributed by atoms with Crippen LogP contribution in [0.4, 0.5) is 10.1 Å². The molecule has 20 atom stereocenters. The fourth-order valence-corrected chi connectivity index (χ4v) is 13.1. The van der Waals surface area contributed by atoms with E-state index in [9.17, 15) is 33.6 Å². The zero-order chi connectivity index (χ0) is 61.4. The van der Waals surface area contributed by atoms with Crippen molar-refractivity contribution >= 4 is 27.4 Å². The van der Waals surface area contributed by atoms with Gasteiger partial charge in [0.1, 0.15) is 42.7 Å². The molecule has 0 saturated carbocycles. The maximum atomic E-state index is 15.0. The number of cyclic esters (lactones) is 1. The average Bonchev–Trinajstić information content (AvgIpc) is 4.07. The topological polar surface area (TPSA) is 274 Å². The Morgan fingerprint density at radius 3 is 2.13 bits per heavy atom. The molecule has 1 aromatic carbocycles. The molecular weight excluding hydrogens is 1090 g/mol. The van der Waals surface area contributed by atoms with Crippen LogP contribution in [0.25, 0.3) is 0 Å². The molecular formula is C57H97FN6O17S. The van der Waals surface area contributed by atoms with Crippen LogP contribution in [0.2, 0.25) is 0 Å². The van der Waals surface area contributed by atoms with Crippen LogP contribution in [0, 0.1) is 23.7 Å². The highest BCUT2D eigenvalue weighted by Gasteiger charge is 2.54. The number of nitrogens with zero attached hydrogens (tertiary/aromatic N) is 6. The number of aliphatic hydroxyl groups is 4. The largest absolute Gasteiger partial charge is 0.459 e. The van der Waals surface area contributed by atoms with E-state index in [4.69, 9.17) is 47.5 Å². The van der Waals surface area contributed by atoms with Gasteiger partial charge < -0.3 is 72.8 Å². The van der Waals surface area contributed by atoms with Crippen LogP contribution in [0.5, 0.6) is 0 Å². The van der Waals surface area contributed by atoms with Crippen LogP contribution in [0.3, 0.4) is 0 Å². The number of oxime groups is 1. The first-order chi connectivity index (χ1) is 38.4. The Balaban J connectivity index is 1.48. The van der Waals surface area contributed by atoms with Crippen molar-refractivity contribution < 1.29 is 85.5 Å². The number of carbonyl (C=O) groups excluding carboxylic acids is 1. The number of hydrogen-bond donors (Lipinski definition) is 4. The van der Waals surface area contributed by atoms with Gasteiger partial charge in [-0.2, -0.15) is 0 Å². The molecule has 1 aromatic heterocycles. The fourth-order valence-electron chi connectivity index (χ4n) is 12.0. The monoisotopic (exact) mass is 1190 g/mol. The smallest absolute Gasteiger partial charge is 0.311 e. The Morgan fingerprint density at radius 2 is 1.56 bits per heavy atom. The molecule has 23 nitrogen and oxygen atoms in total. The summed E-state index contributed by atoms with van der Waals surface area (Å²) in [6.45, 7) is 19.9. The molecule has 4 heterocycles. The lowest BCUT2D eigenvalue weighted by atomic mass is 9.73. The fraction of sp³-hybridized carbons (Fsp3) is 0.825. The van der Waals surface area contributed by atoms with E-state index in [0.29, 0.717) is 42.0 Å². The van der Waals surface area contributed by atoms with E-state index in [-0.39, 0.29) is 26.1 Å². The number of alkyl halides is 1. The third kappa shape index (κ3) is 15.5. The summed E-state index contributed by atoms with van der Waals surface area (Å²) in [7, 11) is 5.71. The first kappa shape index (κ1) is 69.2. The maximum absolute atomic E-state index is 15.0. The number of rotatable bonds is 22. The summed E-state index contributed by atoms with van der Waals surface area (Å²) < 4.78 is 99.7. The number of likely N-dealkylation sites (N-methyl/N-ethyl adjacent to an activating group) is 1. The van der Waals surface area contributed by atoms with Crippen LogP contribution in [-0.2, 0) is 68.7 Å². The van der Waals surface area contributed by atoms with E-state index < -0.39 is 148 Å². The highest BCUT2D eigenvalue weighted by atomic mass is 32.2. The molecule has 3 aliphatic heterocycles. The van der Waals surface area contributed by atoms with Crippen molar-refractivity contribution in [2.45, 2.75) is 217 Å². The predicted octanol–water partition coefficient (Wildman–Crippen LogP) is 5.12. The molecule has 25 heteroatoms. The van der Waals surface area contributed by atoms with E-state index in [1.807, 2.05) is 39.6 Å². The minimum absolute atomic E-state index is 0.0702. The lowest BCUT2D eigenvalue weighted by Crippen LogP contribution is -2.61. The van der Waals surface area contributed by atoms with Crippen molar-refractivity contribution in [2.75, 3.05) is 66.9 Å². The van der Waals surface area contributed by atoms with Crippen LogP contribution in [0.1, 0.15) is 132 Å². The van der Waals surface area contributed by atoms with E-state index in [2.05, 4.69) is 15.5 Å². The Bertz CT molecular complexity index is 2460. The van der Waals surface area contributed by atoms with Gasteiger partial charge in [-0.3, -0.25) is 9.10 Å². The number of halogens is 1. The number of carbonyl (C=O) groups is 1. The Labute approximate surface area is 485 Å². The lowest BCUT2D eigenvalue weighted by Gasteiger charge is -2.50. The maximum Gasteiger partial charge on any atom is 0.311 e. The van der Waals surface area contributed by atoms with E-state index in [0.717, 1.165) is 0 Å². The quantitative estimate of drug-likeness (QED) is 0.0515. The molecule has 3 saturated heterocycles. The number of aromatic nitrogens is 3. The number of methoxy groups -OCH3 is 4. The molecule has 470 valence electrons. The van der Waals surface area contributed by atoms with Crippen molar-refractivity contribution in [3.63, 3.8) is 0 Å². The summed E-state index contributed by atoms with van der Waals surface area (Å²) >= 11 is 0. The summed E-state index contributed by atoms with van der Waals surface area (Å²) in [4.78, 5) is 22.3. The molecule has 0 radical (unpaired) electrons. The number of anilines is 1. The first-order valence-corrected chi connectivity index (χ1v) is 30.1. The van der Waals surface area contributed by atoms with Crippen molar-refractivity contribution in [2.24, 2.45) is 28.8 Å². The van der Waals surface area contributed by atoms with Gasteiger partial charge in [0.15, 0.2) is 12.6 Å². The zero-order valence-corrected chi connectivity index (χ0v) is 52.3. The second-order valence-electron chi connectivity index (χ2n) is 23.8. The van der Waals surface area contributed by atoms with Gasteiger partial charge in [0.2, 0.25) is 16.8 Å². The zero-order valence-electron chi connectivity index (χ0n) is 51.5. The minimum Gasteiger partial charge on any atom is -0.459 e. The first-order valence-electron chi connectivity index (χ1n) is 28.6. The van der Waals surface area contributed by atoms with Crippen LogP contribution < -0.4 is 4.31 Å². The minimum atomic E-state index is -3.57. The Morgan fingerprint density at radius 1 is 0.915 bits per heavy atom. The molecule has 0 spiro atoms. The normalized spacial score (nSPS) is 36.9. The molecule has 82 heavy (non-hydrogen) atoms. The van der Waals surface area contributed by atoms with Crippen molar-refractivity contribution in [3.8, 4) is 0 Å². The molecule has 5 rings (SSSR count). The summed E-state index contributed by atoms with van der Waals surface area (Å²) in [5.41, 5.74) is -2.45. The number of aliphatic hydroxyl groups excluding tert-OH is 3.